The molecule has 0 saturated heterocycles. The maximum Gasteiger partial charge on any atom is 0.333 e. The summed E-state index contributed by atoms with van der Waals surface area (Å²) in [5.74, 6) is -0.425. The molecule has 108 valence electrons. The van der Waals surface area contributed by atoms with E-state index in [9.17, 15) is 9.59 Å². The molecule has 1 saturated carbocycles. The van der Waals surface area contributed by atoms with Crippen LogP contribution < -0.4 is 5.32 Å². The lowest BCUT2D eigenvalue weighted by Gasteiger charge is -2.24. The molecule has 0 spiro atoms. The van der Waals surface area contributed by atoms with Gasteiger partial charge in [0.1, 0.15) is 5.60 Å². The molecular weight excluding hydrogens is 254 g/mol. The number of rotatable bonds is 4. The Balaban J connectivity index is 2.15. The Hall–Kier alpha value is -1.84. The summed E-state index contributed by atoms with van der Waals surface area (Å²) in [7, 11) is 0. The van der Waals surface area contributed by atoms with Crippen molar-refractivity contribution in [2.75, 3.05) is 0 Å². The minimum Gasteiger partial charge on any atom is -0.458 e. The Labute approximate surface area is 119 Å². The van der Waals surface area contributed by atoms with Crippen molar-refractivity contribution in [3.05, 3.63) is 35.9 Å². The third kappa shape index (κ3) is 4.08. The van der Waals surface area contributed by atoms with Gasteiger partial charge in [0.05, 0.1) is 0 Å². The lowest BCUT2D eigenvalue weighted by molar-refractivity contribution is -0.159. The fraction of sp³-hybridized carbons (Fsp3) is 0.500. The van der Waals surface area contributed by atoms with E-state index in [0.29, 0.717) is 0 Å². The molecule has 1 aliphatic carbocycles. The summed E-state index contributed by atoms with van der Waals surface area (Å²) in [6.07, 6.45) is 1.81. The van der Waals surface area contributed by atoms with E-state index in [0.717, 1.165) is 18.4 Å². The summed E-state index contributed by atoms with van der Waals surface area (Å²) < 4.78 is 5.40. The van der Waals surface area contributed by atoms with Crippen LogP contribution in [-0.2, 0) is 14.3 Å². The summed E-state index contributed by atoms with van der Waals surface area (Å²) in [5.41, 5.74) is 0.171. The molecule has 0 radical (unpaired) electrons. The van der Waals surface area contributed by atoms with Crippen LogP contribution in [0.25, 0.3) is 0 Å². The quantitative estimate of drug-likeness (QED) is 0.859. The van der Waals surface area contributed by atoms with Crippen LogP contribution in [0.15, 0.2) is 30.3 Å². The maximum atomic E-state index is 12.3. The average Bonchev–Trinajstić information content (AvgIpc) is 3.18. The molecule has 0 heterocycles. The van der Waals surface area contributed by atoms with Gasteiger partial charge in [-0.2, -0.15) is 0 Å². The number of amides is 1. The van der Waals surface area contributed by atoms with Crippen LogP contribution in [0, 0.1) is 5.92 Å². The maximum absolute atomic E-state index is 12.3. The lowest BCUT2D eigenvalue weighted by atomic mass is 10.1. The summed E-state index contributed by atoms with van der Waals surface area (Å²) in [4.78, 5) is 24.2. The first kappa shape index (κ1) is 14.6. The van der Waals surface area contributed by atoms with Gasteiger partial charge in [-0.05, 0) is 39.2 Å². The van der Waals surface area contributed by atoms with Crippen molar-refractivity contribution >= 4 is 11.9 Å². The Morgan fingerprint density at radius 1 is 1.20 bits per heavy atom. The second-order valence-corrected chi connectivity index (χ2v) is 6.16. The van der Waals surface area contributed by atoms with Crippen LogP contribution in [0.2, 0.25) is 0 Å². The molecule has 1 atom stereocenters. The van der Waals surface area contributed by atoms with Crippen LogP contribution in [-0.4, -0.2) is 17.5 Å². The van der Waals surface area contributed by atoms with Crippen LogP contribution >= 0.6 is 0 Å². The average molecular weight is 275 g/mol. The van der Waals surface area contributed by atoms with Crippen molar-refractivity contribution in [3.8, 4) is 0 Å². The number of hydrogen-bond donors (Lipinski definition) is 1. The van der Waals surface area contributed by atoms with E-state index in [4.69, 9.17) is 4.74 Å². The molecule has 4 nitrogen and oxygen atoms in total. The van der Waals surface area contributed by atoms with E-state index in [1.54, 1.807) is 0 Å². The number of ether oxygens (including phenoxy) is 1. The molecule has 1 amide bonds. The van der Waals surface area contributed by atoms with E-state index in [-0.39, 0.29) is 11.8 Å². The van der Waals surface area contributed by atoms with E-state index >= 15 is 0 Å². The summed E-state index contributed by atoms with van der Waals surface area (Å²) in [6.45, 7) is 5.45. The first-order valence-corrected chi connectivity index (χ1v) is 6.95. The van der Waals surface area contributed by atoms with Crippen LogP contribution in [0.4, 0.5) is 0 Å². The highest BCUT2D eigenvalue weighted by molar-refractivity contribution is 5.87. The number of benzene rings is 1. The normalized spacial score (nSPS) is 16.4. The predicted octanol–water partition coefficient (Wildman–Crippen LogP) is 2.60. The monoisotopic (exact) mass is 275 g/mol. The lowest BCUT2D eigenvalue weighted by Crippen LogP contribution is -2.38. The molecule has 0 aliphatic heterocycles. The largest absolute Gasteiger partial charge is 0.458 e. The van der Waals surface area contributed by atoms with Crippen LogP contribution in [0.1, 0.15) is 45.2 Å². The van der Waals surface area contributed by atoms with Gasteiger partial charge < -0.3 is 10.1 Å². The van der Waals surface area contributed by atoms with Gasteiger partial charge in [-0.25, -0.2) is 4.79 Å². The van der Waals surface area contributed by atoms with Crippen LogP contribution in [0.3, 0.4) is 0 Å². The van der Waals surface area contributed by atoms with Gasteiger partial charge in [-0.15, -0.1) is 0 Å². The van der Waals surface area contributed by atoms with Crippen molar-refractivity contribution in [1.29, 1.82) is 0 Å². The molecule has 2 rings (SSSR count). The van der Waals surface area contributed by atoms with Crippen molar-refractivity contribution in [1.82, 2.24) is 5.32 Å². The van der Waals surface area contributed by atoms with Gasteiger partial charge in [0.2, 0.25) is 5.91 Å². The van der Waals surface area contributed by atoms with E-state index in [1.165, 1.54) is 0 Å². The highest BCUT2D eigenvalue weighted by Gasteiger charge is 2.34. The number of hydrogen-bond acceptors (Lipinski definition) is 3. The highest BCUT2D eigenvalue weighted by Crippen LogP contribution is 2.30. The van der Waals surface area contributed by atoms with Crippen LogP contribution in [0.5, 0.6) is 0 Å². The first-order valence-electron chi connectivity index (χ1n) is 6.95. The number of carbonyl (C=O) groups is 2. The summed E-state index contributed by atoms with van der Waals surface area (Å²) >= 11 is 0. The van der Waals surface area contributed by atoms with Crippen molar-refractivity contribution in [2.24, 2.45) is 5.92 Å². The molecule has 0 bridgehead atoms. The number of carbonyl (C=O) groups excluding carboxylic acids is 2. The molecule has 4 heteroatoms. The van der Waals surface area contributed by atoms with E-state index in [2.05, 4.69) is 5.32 Å². The zero-order valence-corrected chi connectivity index (χ0v) is 12.2. The second-order valence-electron chi connectivity index (χ2n) is 6.16. The minimum atomic E-state index is -0.733. The fourth-order valence-corrected chi connectivity index (χ4v) is 1.89. The van der Waals surface area contributed by atoms with Gasteiger partial charge in [-0.3, -0.25) is 4.79 Å². The fourth-order valence-electron chi connectivity index (χ4n) is 1.89. The Bertz CT molecular complexity index is 486. The molecular formula is C16H21NO3. The molecule has 1 N–H and O–H groups in total. The molecule has 0 aromatic heterocycles. The van der Waals surface area contributed by atoms with Gasteiger partial charge in [0.15, 0.2) is 6.04 Å². The minimum absolute atomic E-state index is 0.0589. The Morgan fingerprint density at radius 2 is 1.80 bits per heavy atom. The highest BCUT2D eigenvalue weighted by atomic mass is 16.6. The van der Waals surface area contributed by atoms with Gasteiger partial charge in [-0.1, -0.05) is 30.3 Å². The standard InChI is InChI=1S/C16H21NO3/c1-16(2,3)20-15(19)13(11-7-5-4-6-8-11)17-14(18)12-9-10-12/h4-8,12-13H,9-10H2,1-3H3,(H,17,18)/t13-/m0/s1. The zero-order valence-electron chi connectivity index (χ0n) is 12.2. The third-order valence-corrected chi connectivity index (χ3v) is 3.01. The van der Waals surface area contributed by atoms with Crippen molar-refractivity contribution in [2.45, 2.75) is 45.3 Å². The Morgan fingerprint density at radius 3 is 2.30 bits per heavy atom. The second kappa shape index (κ2) is 5.65. The van der Waals surface area contributed by atoms with Gasteiger partial charge >= 0.3 is 5.97 Å². The SMILES string of the molecule is CC(C)(C)OC(=O)[C@@H](NC(=O)C1CC1)c1ccccc1. The number of esters is 1. The molecule has 1 aromatic carbocycles. The Kier molecular flexibility index (Phi) is 4.12. The van der Waals surface area contributed by atoms with E-state index < -0.39 is 17.6 Å². The van der Waals surface area contributed by atoms with Crippen molar-refractivity contribution in [3.63, 3.8) is 0 Å². The smallest absolute Gasteiger partial charge is 0.333 e. The number of nitrogens with one attached hydrogen (secondary N) is 1. The topological polar surface area (TPSA) is 55.4 Å². The van der Waals surface area contributed by atoms with Crippen molar-refractivity contribution < 1.29 is 14.3 Å². The molecule has 20 heavy (non-hydrogen) atoms. The molecule has 0 unspecified atom stereocenters. The third-order valence-electron chi connectivity index (χ3n) is 3.01. The zero-order chi connectivity index (χ0) is 14.8. The summed E-state index contributed by atoms with van der Waals surface area (Å²) in [6, 6.07) is 8.47. The van der Waals surface area contributed by atoms with Gasteiger partial charge in [0.25, 0.3) is 0 Å². The van der Waals surface area contributed by atoms with Gasteiger partial charge in [0, 0.05) is 5.92 Å². The molecule has 1 aliphatic rings. The summed E-state index contributed by atoms with van der Waals surface area (Å²) in [5, 5.41) is 2.80. The predicted molar refractivity (Wildman–Crippen MR) is 75.9 cm³/mol. The first-order chi connectivity index (χ1) is 9.37. The molecule has 1 fully saturated rings. The van der Waals surface area contributed by atoms with E-state index in [1.807, 2.05) is 51.1 Å². The molecule has 1 aromatic rings.